The molecule has 1 saturated heterocycles. The molecule has 1 N–H and O–H groups in total. The highest BCUT2D eigenvalue weighted by atomic mass is 14.9. The van der Waals surface area contributed by atoms with Crippen molar-refractivity contribution in [1.82, 2.24) is 5.32 Å². The summed E-state index contributed by atoms with van der Waals surface area (Å²) in [6, 6.07) is 0. The fraction of sp³-hybridized carbons (Fsp3) is 1.00. The average molecular weight is 223 g/mol. The number of hydrogen-bond donors (Lipinski definition) is 1. The molecule has 0 amide bonds. The van der Waals surface area contributed by atoms with E-state index < -0.39 is 0 Å². The third-order valence-corrected chi connectivity index (χ3v) is 5.51. The van der Waals surface area contributed by atoms with Crippen LogP contribution in [0.15, 0.2) is 0 Å². The van der Waals surface area contributed by atoms with Gasteiger partial charge < -0.3 is 5.32 Å². The van der Waals surface area contributed by atoms with E-state index in [0.29, 0.717) is 10.8 Å². The highest BCUT2D eigenvalue weighted by molar-refractivity contribution is 4.95. The normalized spacial score (nSPS) is 36.4. The third kappa shape index (κ3) is 2.45. The van der Waals surface area contributed by atoms with Gasteiger partial charge >= 0.3 is 0 Å². The van der Waals surface area contributed by atoms with Crippen LogP contribution in [0.25, 0.3) is 0 Å². The topological polar surface area (TPSA) is 12.0 Å². The molecule has 1 atom stereocenters. The number of nitrogens with one attached hydrogen (secondary N) is 1. The molecular formula is C15H29N. The quantitative estimate of drug-likeness (QED) is 0.659. The van der Waals surface area contributed by atoms with Crippen molar-refractivity contribution < 1.29 is 0 Å². The fourth-order valence-corrected chi connectivity index (χ4v) is 3.85. The summed E-state index contributed by atoms with van der Waals surface area (Å²) in [5, 5.41) is 3.68. The van der Waals surface area contributed by atoms with Gasteiger partial charge in [-0.15, -0.1) is 0 Å². The summed E-state index contributed by atoms with van der Waals surface area (Å²) < 4.78 is 0. The molecule has 1 nitrogen and oxygen atoms in total. The van der Waals surface area contributed by atoms with Crippen LogP contribution in [0.5, 0.6) is 0 Å². The van der Waals surface area contributed by atoms with E-state index in [1.54, 1.807) is 0 Å². The summed E-state index contributed by atoms with van der Waals surface area (Å²) >= 11 is 0. The van der Waals surface area contributed by atoms with Crippen LogP contribution in [0, 0.1) is 10.8 Å². The Kier molecular flexibility index (Phi) is 3.94. The van der Waals surface area contributed by atoms with Crippen LogP contribution in [0.3, 0.4) is 0 Å². The molecule has 0 unspecified atom stereocenters. The van der Waals surface area contributed by atoms with Crippen molar-refractivity contribution >= 4 is 0 Å². The summed E-state index contributed by atoms with van der Waals surface area (Å²) in [6.07, 6.45) is 13.0. The highest BCUT2D eigenvalue weighted by Gasteiger charge is 2.43. The number of rotatable bonds is 1. The van der Waals surface area contributed by atoms with Crippen LogP contribution in [-0.4, -0.2) is 13.1 Å². The summed E-state index contributed by atoms with van der Waals surface area (Å²) in [7, 11) is 0. The minimum atomic E-state index is 0.549. The molecule has 0 aromatic heterocycles. The van der Waals surface area contributed by atoms with E-state index in [9.17, 15) is 0 Å². The van der Waals surface area contributed by atoms with Gasteiger partial charge in [-0.3, -0.25) is 0 Å². The maximum Gasteiger partial charge on any atom is 0.00104 e. The molecule has 2 fully saturated rings. The molecule has 0 radical (unpaired) electrons. The van der Waals surface area contributed by atoms with E-state index in [-0.39, 0.29) is 0 Å². The molecule has 2 aliphatic rings. The minimum absolute atomic E-state index is 0.549. The van der Waals surface area contributed by atoms with E-state index in [1.165, 1.54) is 70.9 Å². The zero-order chi connectivity index (χ0) is 11.5. The Morgan fingerprint density at radius 1 is 0.688 bits per heavy atom. The van der Waals surface area contributed by atoms with Crippen LogP contribution >= 0.6 is 0 Å². The van der Waals surface area contributed by atoms with E-state index >= 15 is 0 Å². The summed E-state index contributed by atoms with van der Waals surface area (Å²) in [4.78, 5) is 0. The predicted octanol–water partition coefficient (Wildman–Crippen LogP) is 4.13. The Balaban J connectivity index is 2.11. The maximum atomic E-state index is 3.68. The Morgan fingerprint density at radius 3 is 1.94 bits per heavy atom. The maximum absolute atomic E-state index is 3.68. The smallest absolute Gasteiger partial charge is 0.00104 e. The first kappa shape index (κ1) is 12.4. The summed E-state index contributed by atoms with van der Waals surface area (Å²) in [5.74, 6) is 0. The lowest BCUT2D eigenvalue weighted by Crippen LogP contribution is -2.43. The molecule has 1 aliphatic carbocycles. The van der Waals surface area contributed by atoms with Gasteiger partial charge in [-0.25, -0.2) is 0 Å². The first-order valence-electron chi connectivity index (χ1n) is 7.37. The lowest BCUT2D eigenvalue weighted by molar-refractivity contribution is 0.0461. The van der Waals surface area contributed by atoms with Crippen molar-refractivity contribution in [1.29, 1.82) is 0 Å². The molecule has 2 rings (SSSR count). The summed E-state index contributed by atoms with van der Waals surface area (Å²) in [5.41, 5.74) is 1.15. The van der Waals surface area contributed by atoms with Gasteiger partial charge in [-0.1, -0.05) is 46.0 Å². The second kappa shape index (κ2) is 5.08. The molecule has 16 heavy (non-hydrogen) atoms. The van der Waals surface area contributed by atoms with Gasteiger partial charge in [0.2, 0.25) is 0 Å². The van der Waals surface area contributed by atoms with Gasteiger partial charge in [0.05, 0.1) is 0 Å². The van der Waals surface area contributed by atoms with Crippen LogP contribution in [0.4, 0.5) is 0 Å². The van der Waals surface area contributed by atoms with Crippen LogP contribution < -0.4 is 5.32 Å². The predicted molar refractivity (Wildman–Crippen MR) is 70.6 cm³/mol. The Labute approximate surface area is 101 Å². The van der Waals surface area contributed by atoms with Gasteiger partial charge in [-0.2, -0.15) is 0 Å². The molecule has 0 bridgehead atoms. The van der Waals surface area contributed by atoms with E-state index in [2.05, 4.69) is 19.2 Å². The van der Waals surface area contributed by atoms with Crippen molar-refractivity contribution in [3.63, 3.8) is 0 Å². The Hall–Kier alpha value is -0.0400. The molecule has 1 aliphatic heterocycles. The average Bonchev–Trinajstić information content (AvgIpc) is 2.61. The minimum Gasteiger partial charge on any atom is -0.316 e. The lowest BCUT2D eigenvalue weighted by atomic mass is 9.60. The number of hydrogen-bond acceptors (Lipinski definition) is 1. The lowest BCUT2D eigenvalue weighted by Gasteiger charge is -2.46. The molecule has 94 valence electrons. The second-order valence-electron chi connectivity index (χ2n) is 6.67. The molecule has 1 heterocycles. The third-order valence-electron chi connectivity index (χ3n) is 5.51. The molecule has 0 aromatic rings. The zero-order valence-corrected chi connectivity index (χ0v) is 11.3. The SMILES string of the molecule is CC1([C@]2(C)CCCCNC2)CCCCCC1. The van der Waals surface area contributed by atoms with Gasteiger partial charge in [0.25, 0.3) is 0 Å². The van der Waals surface area contributed by atoms with Crippen LogP contribution in [0.1, 0.15) is 71.6 Å². The van der Waals surface area contributed by atoms with Crippen molar-refractivity contribution in [2.45, 2.75) is 71.6 Å². The van der Waals surface area contributed by atoms with E-state index in [0.717, 1.165) is 0 Å². The monoisotopic (exact) mass is 223 g/mol. The zero-order valence-electron chi connectivity index (χ0n) is 11.3. The van der Waals surface area contributed by atoms with Gasteiger partial charge in [0.1, 0.15) is 0 Å². The molecular weight excluding hydrogens is 194 g/mol. The molecule has 1 heteroatoms. The van der Waals surface area contributed by atoms with Crippen molar-refractivity contribution in [2.75, 3.05) is 13.1 Å². The van der Waals surface area contributed by atoms with Crippen molar-refractivity contribution in [2.24, 2.45) is 10.8 Å². The van der Waals surface area contributed by atoms with Crippen LogP contribution in [0.2, 0.25) is 0 Å². The second-order valence-corrected chi connectivity index (χ2v) is 6.67. The Morgan fingerprint density at radius 2 is 1.25 bits per heavy atom. The van der Waals surface area contributed by atoms with Gasteiger partial charge in [-0.05, 0) is 43.1 Å². The highest BCUT2D eigenvalue weighted by Crippen LogP contribution is 2.51. The largest absolute Gasteiger partial charge is 0.316 e. The first-order chi connectivity index (χ1) is 7.66. The molecule has 0 spiro atoms. The van der Waals surface area contributed by atoms with Crippen LogP contribution in [-0.2, 0) is 0 Å². The van der Waals surface area contributed by atoms with E-state index in [4.69, 9.17) is 0 Å². The molecule has 1 saturated carbocycles. The first-order valence-corrected chi connectivity index (χ1v) is 7.37. The standard InChI is InChI=1S/C15H29N/c1-14(9-5-3-4-6-10-14)15(2)11-7-8-12-16-13-15/h16H,3-13H2,1-2H3/t15-/m1/s1. The molecule has 0 aromatic carbocycles. The van der Waals surface area contributed by atoms with Crippen molar-refractivity contribution in [3.8, 4) is 0 Å². The van der Waals surface area contributed by atoms with E-state index in [1.807, 2.05) is 0 Å². The van der Waals surface area contributed by atoms with Gasteiger partial charge in [0, 0.05) is 6.54 Å². The van der Waals surface area contributed by atoms with Gasteiger partial charge in [0.15, 0.2) is 0 Å². The van der Waals surface area contributed by atoms with Crippen molar-refractivity contribution in [3.05, 3.63) is 0 Å². The fourth-order valence-electron chi connectivity index (χ4n) is 3.85. The summed E-state index contributed by atoms with van der Waals surface area (Å²) in [6.45, 7) is 7.62. The Bertz CT molecular complexity index is 181.